The first-order valence-corrected chi connectivity index (χ1v) is 5.44. The van der Waals surface area contributed by atoms with Crippen LogP contribution in [-0.2, 0) is 0 Å². The summed E-state index contributed by atoms with van der Waals surface area (Å²) in [5.74, 6) is 0.738. The van der Waals surface area contributed by atoms with Crippen LogP contribution in [0.5, 0.6) is 0 Å². The highest BCUT2D eigenvalue weighted by molar-refractivity contribution is 5.64. The van der Waals surface area contributed by atoms with Gasteiger partial charge in [-0.25, -0.2) is 0 Å². The van der Waals surface area contributed by atoms with Gasteiger partial charge in [-0.1, -0.05) is 12.2 Å². The topological polar surface area (TPSA) is 50.9 Å². The number of nitrogens with zero attached hydrogens (tertiary/aromatic N) is 1. The second-order valence-corrected chi connectivity index (χ2v) is 3.99. The summed E-state index contributed by atoms with van der Waals surface area (Å²) < 4.78 is 0. The molecule has 1 unspecified atom stereocenters. The molecule has 1 aliphatic carbocycles. The number of pyridine rings is 1. The van der Waals surface area contributed by atoms with Gasteiger partial charge < -0.3 is 11.1 Å². The van der Waals surface area contributed by atoms with Crippen molar-refractivity contribution in [3.05, 3.63) is 30.6 Å². The van der Waals surface area contributed by atoms with E-state index in [0.29, 0.717) is 0 Å². The van der Waals surface area contributed by atoms with Crippen LogP contribution in [0.1, 0.15) is 19.3 Å². The SMILES string of the molecule is Nc1cnccc1NCC1CC=CCC1. The Morgan fingerprint density at radius 1 is 1.47 bits per heavy atom. The van der Waals surface area contributed by atoms with E-state index in [1.807, 2.05) is 6.07 Å². The van der Waals surface area contributed by atoms with Gasteiger partial charge in [0.05, 0.1) is 17.6 Å². The molecule has 3 nitrogen and oxygen atoms in total. The number of hydrogen-bond acceptors (Lipinski definition) is 3. The lowest BCUT2D eigenvalue weighted by atomic mass is 9.94. The highest BCUT2D eigenvalue weighted by Gasteiger charge is 2.09. The maximum Gasteiger partial charge on any atom is 0.0736 e. The van der Waals surface area contributed by atoms with E-state index >= 15 is 0 Å². The quantitative estimate of drug-likeness (QED) is 0.742. The van der Waals surface area contributed by atoms with Crippen molar-refractivity contribution in [2.24, 2.45) is 5.92 Å². The molecule has 1 aromatic heterocycles. The molecule has 1 heterocycles. The third kappa shape index (κ3) is 2.72. The molecule has 15 heavy (non-hydrogen) atoms. The lowest BCUT2D eigenvalue weighted by Gasteiger charge is -2.19. The lowest BCUT2D eigenvalue weighted by Crippen LogP contribution is -2.16. The minimum atomic E-state index is 0.726. The predicted molar refractivity (Wildman–Crippen MR) is 63.6 cm³/mol. The third-order valence-electron chi connectivity index (χ3n) is 2.81. The van der Waals surface area contributed by atoms with Gasteiger partial charge in [-0.2, -0.15) is 0 Å². The molecule has 0 radical (unpaired) electrons. The van der Waals surface area contributed by atoms with Crippen molar-refractivity contribution in [1.29, 1.82) is 0 Å². The molecule has 3 heteroatoms. The van der Waals surface area contributed by atoms with Crippen molar-refractivity contribution in [3.8, 4) is 0 Å². The van der Waals surface area contributed by atoms with Gasteiger partial charge in [0.15, 0.2) is 0 Å². The first-order chi connectivity index (χ1) is 7.36. The Kier molecular flexibility index (Phi) is 3.22. The number of nitrogens with two attached hydrogens (primary N) is 1. The molecule has 2 rings (SSSR count). The van der Waals surface area contributed by atoms with Crippen LogP contribution in [0.3, 0.4) is 0 Å². The van der Waals surface area contributed by atoms with Gasteiger partial charge in [0.1, 0.15) is 0 Å². The fraction of sp³-hybridized carbons (Fsp3) is 0.417. The fourth-order valence-corrected chi connectivity index (χ4v) is 1.86. The van der Waals surface area contributed by atoms with Gasteiger partial charge in [0.25, 0.3) is 0 Å². The standard InChI is InChI=1S/C12H17N3/c13-11-9-14-7-6-12(11)15-8-10-4-2-1-3-5-10/h1-2,6-7,9-10H,3-5,8,13H2,(H,14,15). The molecule has 0 spiro atoms. The summed E-state index contributed by atoms with van der Waals surface area (Å²) in [6.45, 7) is 0.999. The van der Waals surface area contributed by atoms with Gasteiger partial charge in [-0.3, -0.25) is 4.98 Å². The molecule has 1 aliphatic rings. The molecule has 0 bridgehead atoms. The summed E-state index contributed by atoms with van der Waals surface area (Å²) in [6.07, 6.45) is 11.6. The first kappa shape index (κ1) is 10.0. The van der Waals surface area contributed by atoms with Crippen LogP contribution in [0.4, 0.5) is 11.4 Å². The van der Waals surface area contributed by atoms with Crippen molar-refractivity contribution in [3.63, 3.8) is 0 Å². The average Bonchev–Trinajstić information content (AvgIpc) is 2.29. The Morgan fingerprint density at radius 3 is 3.13 bits per heavy atom. The number of allylic oxidation sites excluding steroid dienone is 2. The van der Waals surface area contributed by atoms with E-state index in [-0.39, 0.29) is 0 Å². The summed E-state index contributed by atoms with van der Waals surface area (Å²) in [4.78, 5) is 3.96. The second kappa shape index (κ2) is 4.82. The molecule has 0 amide bonds. The van der Waals surface area contributed by atoms with Gasteiger partial charge in [0.2, 0.25) is 0 Å². The van der Waals surface area contributed by atoms with Crippen molar-refractivity contribution < 1.29 is 0 Å². The van der Waals surface area contributed by atoms with E-state index in [2.05, 4.69) is 22.5 Å². The Morgan fingerprint density at radius 2 is 2.40 bits per heavy atom. The van der Waals surface area contributed by atoms with Crippen molar-refractivity contribution >= 4 is 11.4 Å². The largest absolute Gasteiger partial charge is 0.396 e. The molecule has 0 aliphatic heterocycles. The molecule has 0 saturated heterocycles. The Hall–Kier alpha value is -1.51. The van der Waals surface area contributed by atoms with Crippen LogP contribution in [0.15, 0.2) is 30.6 Å². The lowest BCUT2D eigenvalue weighted by molar-refractivity contribution is 0.504. The van der Waals surface area contributed by atoms with Crippen LogP contribution in [-0.4, -0.2) is 11.5 Å². The second-order valence-electron chi connectivity index (χ2n) is 3.99. The fourth-order valence-electron chi connectivity index (χ4n) is 1.86. The van der Waals surface area contributed by atoms with Gasteiger partial charge in [0, 0.05) is 12.7 Å². The third-order valence-corrected chi connectivity index (χ3v) is 2.81. The molecule has 1 atom stereocenters. The smallest absolute Gasteiger partial charge is 0.0736 e. The predicted octanol–water partition coefficient (Wildman–Crippen LogP) is 2.43. The zero-order chi connectivity index (χ0) is 10.5. The number of nitrogen functional groups attached to an aromatic ring is 1. The van der Waals surface area contributed by atoms with E-state index < -0.39 is 0 Å². The van der Waals surface area contributed by atoms with E-state index in [0.717, 1.165) is 23.8 Å². The molecule has 0 aromatic carbocycles. The maximum absolute atomic E-state index is 5.80. The molecule has 80 valence electrons. The molecule has 0 fully saturated rings. The number of nitrogens with one attached hydrogen (secondary N) is 1. The zero-order valence-electron chi connectivity index (χ0n) is 8.82. The molecule has 3 N–H and O–H groups in total. The van der Waals surface area contributed by atoms with Crippen molar-refractivity contribution in [2.75, 3.05) is 17.6 Å². The molecular weight excluding hydrogens is 186 g/mol. The Labute approximate surface area is 90.4 Å². The summed E-state index contributed by atoms with van der Waals surface area (Å²) in [6, 6.07) is 1.92. The van der Waals surface area contributed by atoms with Crippen LogP contribution in [0.2, 0.25) is 0 Å². The molecular formula is C12H17N3. The minimum Gasteiger partial charge on any atom is -0.396 e. The van der Waals surface area contributed by atoms with E-state index in [4.69, 9.17) is 5.73 Å². The summed E-state index contributed by atoms with van der Waals surface area (Å²) in [5.41, 5.74) is 7.52. The summed E-state index contributed by atoms with van der Waals surface area (Å²) in [7, 11) is 0. The van der Waals surface area contributed by atoms with Crippen LogP contribution >= 0.6 is 0 Å². The highest BCUT2D eigenvalue weighted by atomic mass is 14.9. The van der Waals surface area contributed by atoms with Crippen molar-refractivity contribution in [2.45, 2.75) is 19.3 Å². The highest BCUT2D eigenvalue weighted by Crippen LogP contribution is 2.21. The van der Waals surface area contributed by atoms with Gasteiger partial charge >= 0.3 is 0 Å². The normalized spacial score (nSPS) is 20.1. The van der Waals surface area contributed by atoms with Crippen LogP contribution in [0, 0.1) is 5.92 Å². The number of anilines is 2. The van der Waals surface area contributed by atoms with E-state index in [9.17, 15) is 0 Å². The summed E-state index contributed by atoms with van der Waals surface area (Å²) >= 11 is 0. The maximum atomic E-state index is 5.80. The Bertz CT molecular complexity index is 346. The van der Waals surface area contributed by atoms with Crippen molar-refractivity contribution in [1.82, 2.24) is 4.98 Å². The van der Waals surface area contributed by atoms with E-state index in [1.165, 1.54) is 19.3 Å². The monoisotopic (exact) mass is 203 g/mol. The van der Waals surface area contributed by atoms with E-state index in [1.54, 1.807) is 12.4 Å². The first-order valence-electron chi connectivity index (χ1n) is 5.44. The van der Waals surface area contributed by atoms with Crippen LogP contribution in [0.25, 0.3) is 0 Å². The number of hydrogen-bond donors (Lipinski definition) is 2. The summed E-state index contributed by atoms with van der Waals surface area (Å²) in [5, 5.41) is 3.38. The van der Waals surface area contributed by atoms with Crippen LogP contribution < -0.4 is 11.1 Å². The molecule has 0 saturated carbocycles. The van der Waals surface area contributed by atoms with Gasteiger partial charge in [-0.05, 0) is 31.2 Å². The number of aromatic nitrogens is 1. The molecule has 1 aromatic rings. The van der Waals surface area contributed by atoms with Gasteiger partial charge in [-0.15, -0.1) is 0 Å². The number of rotatable bonds is 3. The average molecular weight is 203 g/mol. The minimum absolute atomic E-state index is 0.726. The zero-order valence-corrected chi connectivity index (χ0v) is 8.82. The Balaban J connectivity index is 1.87.